The largest absolute Gasteiger partial charge is 0.327 e. The summed E-state index contributed by atoms with van der Waals surface area (Å²) in [4.78, 5) is 0. The quantitative estimate of drug-likeness (QED) is 0.713. The highest BCUT2D eigenvalue weighted by molar-refractivity contribution is 4.73. The molecular formula is C12H27N. The summed E-state index contributed by atoms with van der Waals surface area (Å²) in [5.74, 6) is 1.36. The molecular weight excluding hydrogens is 158 g/mol. The van der Waals surface area contributed by atoms with E-state index in [2.05, 4.69) is 41.5 Å². The maximum absolute atomic E-state index is 6.04. The molecule has 0 aliphatic carbocycles. The Kier molecular flexibility index (Phi) is 4.98. The van der Waals surface area contributed by atoms with Gasteiger partial charge in [0.25, 0.3) is 0 Å². The van der Waals surface area contributed by atoms with Gasteiger partial charge < -0.3 is 5.73 Å². The van der Waals surface area contributed by atoms with Crippen molar-refractivity contribution < 1.29 is 0 Å². The molecule has 0 aromatic carbocycles. The predicted octanol–water partition coefficient (Wildman–Crippen LogP) is 3.43. The fraction of sp³-hybridized carbons (Fsp3) is 1.00. The SMILES string of the molecule is CC(CC(N)C(C)C)CC(C)(C)C. The monoisotopic (exact) mass is 185 g/mol. The van der Waals surface area contributed by atoms with Crippen molar-refractivity contribution in [3.63, 3.8) is 0 Å². The zero-order valence-corrected chi connectivity index (χ0v) is 10.2. The second-order valence-corrected chi connectivity index (χ2v) is 6.01. The molecule has 1 nitrogen and oxygen atoms in total. The van der Waals surface area contributed by atoms with Gasteiger partial charge in [-0.2, -0.15) is 0 Å². The van der Waals surface area contributed by atoms with Crippen molar-refractivity contribution in [1.29, 1.82) is 0 Å². The van der Waals surface area contributed by atoms with Gasteiger partial charge in [0.05, 0.1) is 0 Å². The Hall–Kier alpha value is -0.0400. The molecule has 0 bridgehead atoms. The molecule has 0 aliphatic rings. The first kappa shape index (κ1) is 13.0. The molecule has 0 heterocycles. The summed E-state index contributed by atoms with van der Waals surface area (Å²) in [6.45, 7) is 13.6. The van der Waals surface area contributed by atoms with Crippen molar-refractivity contribution in [1.82, 2.24) is 0 Å². The van der Waals surface area contributed by atoms with Gasteiger partial charge in [-0.05, 0) is 30.1 Å². The molecule has 2 N–H and O–H groups in total. The first-order chi connectivity index (χ1) is 5.72. The molecule has 0 spiro atoms. The van der Waals surface area contributed by atoms with Gasteiger partial charge in [0.1, 0.15) is 0 Å². The Bertz CT molecular complexity index is 133. The van der Waals surface area contributed by atoms with Crippen LogP contribution in [0.2, 0.25) is 0 Å². The van der Waals surface area contributed by atoms with E-state index in [0.29, 0.717) is 17.4 Å². The lowest BCUT2D eigenvalue weighted by atomic mass is 9.81. The van der Waals surface area contributed by atoms with E-state index in [-0.39, 0.29) is 0 Å². The molecule has 0 rings (SSSR count). The first-order valence-corrected chi connectivity index (χ1v) is 5.48. The minimum absolute atomic E-state index is 0.373. The number of nitrogens with two attached hydrogens (primary N) is 1. The van der Waals surface area contributed by atoms with Crippen LogP contribution >= 0.6 is 0 Å². The van der Waals surface area contributed by atoms with Crippen molar-refractivity contribution in [2.75, 3.05) is 0 Å². The summed E-state index contributed by atoms with van der Waals surface area (Å²) in [6, 6.07) is 0.373. The molecule has 0 aromatic rings. The average Bonchev–Trinajstić information content (AvgIpc) is 1.81. The van der Waals surface area contributed by atoms with E-state index in [0.717, 1.165) is 12.3 Å². The van der Waals surface area contributed by atoms with Crippen LogP contribution in [0.3, 0.4) is 0 Å². The van der Waals surface area contributed by atoms with Gasteiger partial charge in [-0.25, -0.2) is 0 Å². The van der Waals surface area contributed by atoms with Crippen LogP contribution in [0.1, 0.15) is 54.4 Å². The predicted molar refractivity (Wildman–Crippen MR) is 60.7 cm³/mol. The summed E-state index contributed by atoms with van der Waals surface area (Å²) >= 11 is 0. The fourth-order valence-electron chi connectivity index (χ4n) is 1.87. The minimum Gasteiger partial charge on any atom is -0.327 e. The van der Waals surface area contributed by atoms with E-state index in [4.69, 9.17) is 5.73 Å². The minimum atomic E-state index is 0.373. The summed E-state index contributed by atoms with van der Waals surface area (Å²) in [5, 5.41) is 0. The number of rotatable bonds is 4. The highest BCUT2D eigenvalue weighted by Crippen LogP contribution is 2.27. The zero-order chi connectivity index (χ0) is 10.6. The third-order valence-corrected chi connectivity index (χ3v) is 2.49. The van der Waals surface area contributed by atoms with Gasteiger partial charge in [-0.1, -0.05) is 41.5 Å². The molecule has 0 aliphatic heterocycles. The van der Waals surface area contributed by atoms with Gasteiger partial charge >= 0.3 is 0 Å². The van der Waals surface area contributed by atoms with Crippen LogP contribution in [0, 0.1) is 17.3 Å². The van der Waals surface area contributed by atoms with E-state index in [1.54, 1.807) is 0 Å². The number of hydrogen-bond acceptors (Lipinski definition) is 1. The average molecular weight is 185 g/mol. The highest BCUT2D eigenvalue weighted by Gasteiger charge is 2.18. The smallest absolute Gasteiger partial charge is 0.00644 e. The summed E-state index contributed by atoms with van der Waals surface area (Å²) < 4.78 is 0. The first-order valence-electron chi connectivity index (χ1n) is 5.48. The van der Waals surface area contributed by atoms with Crippen LogP contribution < -0.4 is 5.73 Å². The van der Waals surface area contributed by atoms with Gasteiger partial charge in [-0.3, -0.25) is 0 Å². The Morgan fingerprint density at radius 2 is 1.54 bits per heavy atom. The Labute approximate surface area is 84.1 Å². The third-order valence-electron chi connectivity index (χ3n) is 2.49. The second kappa shape index (κ2) is 4.99. The fourth-order valence-corrected chi connectivity index (χ4v) is 1.87. The second-order valence-electron chi connectivity index (χ2n) is 6.01. The molecule has 0 fully saturated rings. The normalized spacial score (nSPS) is 17.5. The van der Waals surface area contributed by atoms with Gasteiger partial charge in [0, 0.05) is 6.04 Å². The lowest BCUT2D eigenvalue weighted by Crippen LogP contribution is -2.29. The zero-order valence-electron chi connectivity index (χ0n) is 10.2. The van der Waals surface area contributed by atoms with Gasteiger partial charge in [0.15, 0.2) is 0 Å². The lowest BCUT2D eigenvalue weighted by Gasteiger charge is -2.26. The lowest BCUT2D eigenvalue weighted by molar-refractivity contribution is 0.272. The molecule has 2 atom stereocenters. The molecule has 1 heteroatoms. The third kappa shape index (κ3) is 7.06. The van der Waals surface area contributed by atoms with Gasteiger partial charge in [0.2, 0.25) is 0 Å². The van der Waals surface area contributed by atoms with E-state index >= 15 is 0 Å². The summed E-state index contributed by atoms with van der Waals surface area (Å²) in [5.41, 5.74) is 6.48. The molecule has 2 unspecified atom stereocenters. The number of hydrogen-bond donors (Lipinski definition) is 1. The Morgan fingerprint density at radius 1 is 1.08 bits per heavy atom. The molecule has 0 aromatic heterocycles. The summed E-state index contributed by atoms with van der Waals surface area (Å²) in [6.07, 6.45) is 2.43. The summed E-state index contributed by atoms with van der Waals surface area (Å²) in [7, 11) is 0. The van der Waals surface area contributed by atoms with Crippen molar-refractivity contribution >= 4 is 0 Å². The van der Waals surface area contributed by atoms with Crippen LogP contribution in [0.5, 0.6) is 0 Å². The van der Waals surface area contributed by atoms with Gasteiger partial charge in [-0.15, -0.1) is 0 Å². The van der Waals surface area contributed by atoms with Crippen LogP contribution in [0.15, 0.2) is 0 Å². The molecule has 0 amide bonds. The molecule has 13 heavy (non-hydrogen) atoms. The maximum atomic E-state index is 6.04. The Morgan fingerprint density at radius 3 is 1.85 bits per heavy atom. The van der Waals surface area contributed by atoms with E-state index in [1.165, 1.54) is 6.42 Å². The standard InChI is InChI=1S/C12H27N/c1-9(2)11(13)7-10(3)8-12(4,5)6/h9-11H,7-8,13H2,1-6H3. The van der Waals surface area contributed by atoms with Crippen LogP contribution in [0.4, 0.5) is 0 Å². The highest BCUT2D eigenvalue weighted by atomic mass is 14.6. The van der Waals surface area contributed by atoms with Crippen LogP contribution in [-0.2, 0) is 0 Å². The maximum Gasteiger partial charge on any atom is 0.00644 e. The van der Waals surface area contributed by atoms with Crippen molar-refractivity contribution in [2.45, 2.75) is 60.4 Å². The van der Waals surface area contributed by atoms with E-state index < -0.39 is 0 Å². The van der Waals surface area contributed by atoms with Crippen molar-refractivity contribution in [2.24, 2.45) is 23.0 Å². The van der Waals surface area contributed by atoms with Crippen molar-refractivity contribution in [3.05, 3.63) is 0 Å². The Balaban J connectivity index is 3.81. The molecule has 80 valence electrons. The topological polar surface area (TPSA) is 26.0 Å². The van der Waals surface area contributed by atoms with E-state index in [1.807, 2.05) is 0 Å². The van der Waals surface area contributed by atoms with E-state index in [9.17, 15) is 0 Å². The van der Waals surface area contributed by atoms with Crippen LogP contribution in [0.25, 0.3) is 0 Å². The van der Waals surface area contributed by atoms with Crippen molar-refractivity contribution in [3.8, 4) is 0 Å². The van der Waals surface area contributed by atoms with Crippen LogP contribution in [-0.4, -0.2) is 6.04 Å². The molecule has 0 radical (unpaired) electrons. The molecule has 0 saturated carbocycles. The molecule has 0 saturated heterocycles.